The summed E-state index contributed by atoms with van der Waals surface area (Å²) in [6.07, 6.45) is 3.05. The van der Waals surface area contributed by atoms with Gasteiger partial charge >= 0.3 is 5.97 Å². The molecule has 0 bridgehead atoms. The van der Waals surface area contributed by atoms with Crippen LogP contribution < -0.4 is 4.74 Å². The van der Waals surface area contributed by atoms with Crippen LogP contribution in [0.2, 0.25) is 0 Å². The third kappa shape index (κ3) is 3.70. The number of ether oxygens (including phenoxy) is 1. The number of carbonyl (C=O) groups is 2. The van der Waals surface area contributed by atoms with Gasteiger partial charge in [-0.2, -0.15) is 0 Å². The molecule has 0 saturated heterocycles. The van der Waals surface area contributed by atoms with Gasteiger partial charge in [0.25, 0.3) is 0 Å². The van der Waals surface area contributed by atoms with Crippen molar-refractivity contribution in [2.45, 2.75) is 40.0 Å². The van der Waals surface area contributed by atoms with Gasteiger partial charge in [0, 0.05) is 12.0 Å². The number of hydrogen-bond donors (Lipinski definition) is 0. The van der Waals surface area contributed by atoms with E-state index in [2.05, 4.69) is 0 Å². The second-order valence-corrected chi connectivity index (χ2v) is 4.17. The van der Waals surface area contributed by atoms with Crippen LogP contribution in [0.25, 0.3) is 0 Å². The zero-order valence-electron chi connectivity index (χ0n) is 10.6. The maximum absolute atomic E-state index is 11.5. The van der Waals surface area contributed by atoms with Crippen molar-refractivity contribution in [3.63, 3.8) is 0 Å². The molecule has 0 radical (unpaired) electrons. The van der Waals surface area contributed by atoms with Crippen LogP contribution in [-0.4, -0.2) is 12.3 Å². The Kier molecular flexibility index (Phi) is 4.88. The zero-order valence-corrected chi connectivity index (χ0v) is 10.6. The number of aldehydes is 1. The molecule has 0 aliphatic carbocycles. The highest BCUT2D eigenvalue weighted by Gasteiger charge is 2.09. The van der Waals surface area contributed by atoms with Gasteiger partial charge in [-0.25, -0.2) is 0 Å². The molecule has 1 rings (SSSR count). The van der Waals surface area contributed by atoms with E-state index in [4.69, 9.17) is 4.74 Å². The van der Waals surface area contributed by atoms with Crippen molar-refractivity contribution in [3.8, 4) is 5.75 Å². The van der Waals surface area contributed by atoms with E-state index in [1.165, 1.54) is 0 Å². The molecule has 0 N–H and O–H groups in total. The van der Waals surface area contributed by atoms with Gasteiger partial charge < -0.3 is 4.74 Å². The molecule has 17 heavy (non-hydrogen) atoms. The highest BCUT2D eigenvalue weighted by Crippen LogP contribution is 2.22. The SMILES string of the molecule is CCCCC(=O)Oc1cc(C)c(C=O)cc1C. The first kappa shape index (κ1) is 13.4. The zero-order chi connectivity index (χ0) is 12.8. The number of aryl methyl sites for hydroxylation is 2. The third-order valence-corrected chi connectivity index (χ3v) is 2.65. The molecule has 0 spiro atoms. The molecular weight excluding hydrogens is 216 g/mol. The molecule has 0 amide bonds. The van der Waals surface area contributed by atoms with Crippen LogP contribution in [-0.2, 0) is 4.79 Å². The number of esters is 1. The third-order valence-electron chi connectivity index (χ3n) is 2.65. The summed E-state index contributed by atoms with van der Waals surface area (Å²) in [6, 6.07) is 3.48. The summed E-state index contributed by atoms with van der Waals surface area (Å²) in [6.45, 7) is 5.68. The molecule has 1 aromatic rings. The number of unbranched alkanes of at least 4 members (excludes halogenated alkanes) is 1. The molecule has 0 heterocycles. The number of carbonyl (C=O) groups excluding carboxylic acids is 2. The summed E-state index contributed by atoms with van der Waals surface area (Å²) in [5.74, 6) is 0.336. The van der Waals surface area contributed by atoms with Crippen LogP contribution in [0.5, 0.6) is 5.75 Å². The second kappa shape index (κ2) is 6.18. The molecule has 0 aliphatic rings. The fourth-order valence-electron chi connectivity index (χ4n) is 1.54. The molecule has 0 aliphatic heterocycles. The first-order valence-electron chi connectivity index (χ1n) is 5.85. The van der Waals surface area contributed by atoms with Crippen LogP contribution in [0.1, 0.15) is 47.7 Å². The lowest BCUT2D eigenvalue weighted by molar-refractivity contribution is -0.134. The summed E-state index contributed by atoms with van der Waals surface area (Å²) < 4.78 is 5.27. The van der Waals surface area contributed by atoms with Crippen LogP contribution in [0.3, 0.4) is 0 Å². The molecule has 0 saturated carbocycles. The van der Waals surface area contributed by atoms with E-state index in [1.54, 1.807) is 12.1 Å². The van der Waals surface area contributed by atoms with E-state index in [9.17, 15) is 9.59 Å². The number of rotatable bonds is 5. The fourth-order valence-corrected chi connectivity index (χ4v) is 1.54. The summed E-state index contributed by atoms with van der Waals surface area (Å²) in [5, 5.41) is 0. The predicted molar refractivity (Wildman–Crippen MR) is 66.5 cm³/mol. The summed E-state index contributed by atoms with van der Waals surface area (Å²) in [7, 11) is 0. The van der Waals surface area contributed by atoms with Gasteiger partial charge in [-0.3, -0.25) is 9.59 Å². The second-order valence-electron chi connectivity index (χ2n) is 4.17. The van der Waals surface area contributed by atoms with Gasteiger partial charge in [0.1, 0.15) is 12.0 Å². The smallest absolute Gasteiger partial charge is 0.311 e. The van der Waals surface area contributed by atoms with Crippen molar-refractivity contribution in [2.75, 3.05) is 0 Å². The molecule has 92 valence electrons. The molecule has 0 aromatic heterocycles. The largest absolute Gasteiger partial charge is 0.426 e. The quantitative estimate of drug-likeness (QED) is 0.446. The Balaban J connectivity index is 2.81. The monoisotopic (exact) mass is 234 g/mol. The maximum Gasteiger partial charge on any atom is 0.311 e. The Morgan fingerprint density at radius 1 is 1.29 bits per heavy atom. The lowest BCUT2D eigenvalue weighted by Crippen LogP contribution is -2.08. The van der Waals surface area contributed by atoms with E-state index < -0.39 is 0 Å². The Morgan fingerprint density at radius 3 is 2.59 bits per heavy atom. The molecule has 0 unspecified atom stereocenters. The van der Waals surface area contributed by atoms with Gasteiger partial charge in [0.15, 0.2) is 0 Å². The Bertz CT molecular complexity index is 422. The van der Waals surface area contributed by atoms with Gasteiger partial charge in [-0.15, -0.1) is 0 Å². The number of hydrogen-bond acceptors (Lipinski definition) is 3. The van der Waals surface area contributed by atoms with Crippen molar-refractivity contribution < 1.29 is 14.3 Å². The summed E-state index contributed by atoms with van der Waals surface area (Å²) in [5.41, 5.74) is 2.27. The van der Waals surface area contributed by atoms with Gasteiger partial charge in [-0.1, -0.05) is 13.3 Å². The molecule has 0 fully saturated rings. The van der Waals surface area contributed by atoms with Crippen molar-refractivity contribution in [2.24, 2.45) is 0 Å². The first-order valence-corrected chi connectivity index (χ1v) is 5.85. The van der Waals surface area contributed by atoms with Gasteiger partial charge in [0.05, 0.1) is 0 Å². The molecule has 0 atom stereocenters. The van der Waals surface area contributed by atoms with Gasteiger partial charge in [-0.05, 0) is 43.5 Å². The lowest BCUT2D eigenvalue weighted by Gasteiger charge is -2.09. The minimum absolute atomic E-state index is 0.215. The molecule has 1 aromatic carbocycles. The van der Waals surface area contributed by atoms with E-state index >= 15 is 0 Å². The highest BCUT2D eigenvalue weighted by atomic mass is 16.5. The van der Waals surface area contributed by atoms with Crippen LogP contribution in [0.15, 0.2) is 12.1 Å². The van der Waals surface area contributed by atoms with Crippen LogP contribution in [0, 0.1) is 13.8 Å². The number of benzene rings is 1. The topological polar surface area (TPSA) is 43.4 Å². The normalized spacial score (nSPS) is 10.1. The Labute approximate surface area is 102 Å². The Morgan fingerprint density at radius 2 is 2.00 bits per heavy atom. The van der Waals surface area contributed by atoms with E-state index in [0.29, 0.717) is 17.7 Å². The standard InChI is InChI=1S/C14H18O3/c1-4-5-6-14(16)17-13-8-10(2)12(9-15)7-11(13)3/h7-9H,4-6H2,1-3H3. The predicted octanol–water partition coefficient (Wildman–Crippen LogP) is 3.21. The average molecular weight is 234 g/mol. The van der Waals surface area contributed by atoms with E-state index in [-0.39, 0.29) is 5.97 Å². The van der Waals surface area contributed by atoms with Crippen LogP contribution in [0.4, 0.5) is 0 Å². The molecule has 3 heteroatoms. The van der Waals surface area contributed by atoms with E-state index in [0.717, 1.165) is 30.3 Å². The highest BCUT2D eigenvalue weighted by molar-refractivity contribution is 5.79. The van der Waals surface area contributed by atoms with Crippen molar-refractivity contribution in [3.05, 3.63) is 28.8 Å². The van der Waals surface area contributed by atoms with Crippen molar-refractivity contribution >= 4 is 12.3 Å². The summed E-state index contributed by atoms with van der Waals surface area (Å²) in [4.78, 5) is 22.2. The fraction of sp³-hybridized carbons (Fsp3) is 0.429. The van der Waals surface area contributed by atoms with Crippen molar-refractivity contribution in [1.82, 2.24) is 0 Å². The maximum atomic E-state index is 11.5. The lowest BCUT2D eigenvalue weighted by atomic mass is 10.1. The average Bonchev–Trinajstić information content (AvgIpc) is 2.30. The minimum Gasteiger partial charge on any atom is -0.426 e. The van der Waals surface area contributed by atoms with Gasteiger partial charge in [0.2, 0.25) is 0 Å². The summed E-state index contributed by atoms with van der Waals surface area (Å²) >= 11 is 0. The Hall–Kier alpha value is -1.64. The minimum atomic E-state index is -0.215. The van der Waals surface area contributed by atoms with Crippen molar-refractivity contribution in [1.29, 1.82) is 0 Å². The molecule has 3 nitrogen and oxygen atoms in total. The first-order chi connectivity index (χ1) is 8.08. The molecular formula is C14H18O3. The van der Waals surface area contributed by atoms with E-state index in [1.807, 2.05) is 20.8 Å². The van der Waals surface area contributed by atoms with Crippen LogP contribution >= 0.6 is 0 Å².